The third-order valence-electron chi connectivity index (χ3n) is 1.71. The molecule has 98 valence electrons. The van der Waals surface area contributed by atoms with Crippen LogP contribution >= 0.6 is 27.3 Å². The molecule has 0 aliphatic heterocycles. The number of nitrogens with two attached hydrogens (primary N) is 1. The zero-order valence-electron chi connectivity index (χ0n) is 8.84. The molecule has 1 atom stereocenters. The molecule has 1 rings (SSSR count). The Morgan fingerprint density at radius 2 is 2.22 bits per heavy atom. The molecule has 0 fully saturated rings. The second-order valence-electron chi connectivity index (χ2n) is 3.13. The lowest BCUT2D eigenvalue weighted by Crippen LogP contribution is -2.45. The van der Waals surface area contributed by atoms with Crippen LogP contribution in [0.1, 0.15) is 6.42 Å². The highest BCUT2D eigenvalue weighted by atomic mass is 79.9. The van der Waals surface area contributed by atoms with Gasteiger partial charge in [0.05, 0.1) is 16.4 Å². The largest absolute Gasteiger partial charge is 0.480 e. The molecule has 8 nitrogen and oxygen atoms in total. The normalized spacial score (nSPS) is 11.6. The number of aliphatic carboxylic acids is 1. The average Bonchev–Trinajstić information content (AvgIpc) is 2.62. The number of carbonyl (C=O) groups excluding carboxylic acids is 2. The Balaban J connectivity index is 2.56. The van der Waals surface area contributed by atoms with Gasteiger partial charge in [0.15, 0.2) is 5.13 Å². The first kappa shape index (κ1) is 14.4. The second-order valence-corrected chi connectivity index (χ2v) is 5.54. The van der Waals surface area contributed by atoms with Gasteiger partial charge >= 0.3 is 12.0 Å². The standard InChI is InChI=1S/C8H9BrN4O4S/c9-4-2-11-8(18-4)13-7(17)12-3(6(15)16)1-5(10)14/h2-3H,1H2,(H2,10,14)(H,15,16)(H2,11,12,13,17)/t3-/m0/s1. The average molecular weight is 337 g/mol. The van der Waals surface area contributed by atoms with Crippen molar-refractivity contribution >= 4 is 50.3 Å². The van der Waals surface area contributed by atoms with Crippen molar-refractivity contribution in [3.8, 4) is 0 Å². The van der Waals surface area contributed by atoms with Crippen molar-refractivity contribution < 1.29 is 19.5 Å². The summed E-state index contributed by atoms with van der Waals surface area (Å²) >= 11 is 4.32. The number of rotatable bonds is 5. The van der Waals surface area contributed by atoms with Crippen molar-refractivity contribution in [3.63, 3.8) is 0 Å². The summed E-state index contributed by atoms with van der Waals surface area (Å²) in [6.07, 6.45) is 1.00. The maximum atomic E-state index is 11.4. The summed E-state index contributed by atoms with van der Waals surface area (Å²) in [6.45, 7) is 0. The van der Waals surface area contributed by atoms with Gasteiger partial charge in [0, 0.05) is 0 Å². The number of thiazole rings is 1. The molecule has 5 N–H and O–H groups in total. The number of carboxylic acids is 1. The maximum Gasteiger partial charge on any atom is 0.326 e. The number of amides is 3. The molecule has 0 spiro atoms. The van der Waals surface area contributed by atoms with E-state index in [-0.39, 0.29) is 0 Å². The Bertz CT molecular complexity index is 477. The molecule has 0 unspecified atom stereocenters. The lowest BCUT2D eigenvalue weighted by molar-refractivity contribution is -0.140. The van der Waals surface area contributed by atoms with E-state index in [9.17, 15) is 14.4 Å². The lowest BCUT2D eigenvalue weighted by atomic mass is 10.2. The molecule has 0 aromatic carbocycles. The van der Waals surface area contributed by atoms with Crippen molar-refractivity contribution in [1.29, 1.82) is 0 Å². The van der Waals surface area contributed by atoms with Crippen molar-refractivity contribution in [2.75, 3.05) is 5.32 Å². The molecule has 0 saturated carbocycles. The number of primary amides is 1. The van der Waals surface area contributed by atoms with Gasteiger partial charge in [-0.2, -0.15) is 0 Å². The number of urea groups is 1. The smallest absolute Gasteiger partial charge is 0.326 e. The summed E-state index contributed by atoms with van der Waals surface area (Å²) in [4.78, 5) is 36.6. The Morgan fingerprint density at radius 1 is 1.56 bits per heavy atom. The number of aromatic nitrogens is 1. The van der Waals surface area contributed by atoms with Gasteiger partial charge in [0.1, 0.15) is 6.04 Å². The third-order valence-corrected chi connectivity index (χ3v) is 3.10. The molecule has 0 radical (unpaired) electrons. The minimum atomic E-state index is -1.37. The van der Waals surface area contributed by atoms with Crippen molar-refractivity contribution in [1.82, 2.24) is 10.3 Å². The molecule has 0 bridgehead atoms. The van der Waals surface area contributed by atoms with Crippen LogP contribution in [-0.2, 0) is 9.59 Å². The summed E-state index contributed by atoms with van der Waals surface area (Å²) < 4.78 is 0.713. The van der Waals surface area contributed by atoms with Crippen LogP contribution in [0.2, 0.25) is 0 Å². The first-order chi connectivity index (χ1) is 8.38. The highest BCUT2D eigenvalue weighted by Crippen LogP contribution is 2.22. The van der Waals surface area contributed by atoms with Crippen LogP contribution < -0.4 is 16.4 Å². The summed E-state index contributed by atoms with van der Waals surface area (Å²) in [5.74, 6) is -2.16. The van der Waals surface area contributed by atoms with E-state index in [1.165, 1.54) is 6.20 Å². The van der Waals surface area contributed by atoms with Crippen LogP contribution in [0, 0.1) is 0 Å². The van der Waals surface area contributed by atoms with Crippen LogP contribution in [0.5, 0.6) is 0 Å². The van der Waals surface area contributed by atoms with Gasteiger partial charge in [-0.05, 0) is 15.9 Å². The summed E-state index contributed by atoms with van der Waals surface area (Å²) in [7, 11) is 0. The van der Waals surface area contributed by atoms with E-state index < -0.39 is 30.4 Å². The van der Waals surface area contributed by atoms with E-state index in [4.69, 9.17) is 10.8 Å². The van der Waals surface area contributed by atoms with Gasteiger partial charge in [0.2, 0.25) is 5.91 Å². The summed E-state index contributed by atoms with van der Waals surface area (Å²) in [6, 6.07) is -2.14. The fourth-order valence-corrected chi connectivity index (χ4v) is 2.11. The van der Waals surface area contributed by atoms with Gasteiger partial charge in [0.25, 0.3) is 0 Å². The number of nitrogens with one attached hydrogen (secondary N) is 2. The SMILES string of the molecule is NC(=O)C[C@H](NC(=O)Nc1ncc(Br)s1)C(=O)O. The minimum absolute atomic E-state index is 0.294. The molecule has 0 saturated heterocycles. The van der Waals surface area contributed by atoms with Gasteiger partial charge in [-0.3, -0.25) is 10.1 Å². The van der Waals surface area contributed by atoms with Crippen LogP contribution in [0.15, 0.2) is 9.98 Å². The Hall–Kier alpha value is -1.68. The van der Waals surface area contributed by atoms with E-state index >= 15 is 0 Å². The highest BCUT2D eigenvalue weighted by molar-refractivity contribution is 9.11. The number of carbonyl (C=O) groups is 3. The predicted molar refractivity (Wildman–Crippen MR) is 67.2 cm³/mol. The first-order valence-corrected chi connectivity index (χ1v) is 6.19. The molecule has 1 aromatic heterocycles. The van der Waals surface area contributed by atoms with E-state index in [0.717, 1.165) is 11.3 Å². The van der Waals surface area contributed by atoms with Gasteiger partial charge in [-0.1, -0.05) is 11.3 Å². The molecule has 1 heterocycles. The van der Waals surface area contributed by atoms with Crippen LogP contribution in [0.3, 0.4) is 0 Å². The van der Waals surface area contributed by atoms with Crippen LogP contribution in [0.25, 0.3) is 0 Å². The quantitative estimate of drug-likeness (QED) is 0.615. The lowest BCUT2D eigenvalue weighted by Gasteiger charge is -2.12. The van der Waals surface area contributed by atoms with E-state index in [1.54, 1.807) is 0 Å². The zero-order valence-corrected chi connectivity index (χ0v) is 11.2. The van der Waals surface area contributed by atoms with Crippen LogP contribution in [0.4, 0.5) is 9.93 Å². The van der Waals surface area contributed by atoms with Crippen molar-refractivity contribution in [2.45, 2.75) is 12.5 Å². The monoisotopic (exact) mass is 336 g/mol. The number of carboxylic acid groups (broad SMARTS) is 1. The fraction of sp³-hybridized carbons (Fsp3) is 0.250. The maximum absolute atomic E-state index is 11.4. The van der Waals surface area contributed by atoms with Gasteiger partial charge < -0.3 is 16.2 Å². The number of hydrogen-bond donors (Lipinski definition) is 4. The predicted octanol–water partition coefficient (Wildman–Crippen LogP) is 0.356. The number of halogens is 1. The molecular formula is C8H9BrN4O4S. The van der Waals surface area contributed by atoms with Crippen molar-refractivity contribution in [2.24, 2.45) is 5.73 Å². The van der Waals surface area contributed by atoms with Crippen molar-refractivity contribution in [3.05, 3.63) is 9.98 Å². The highest BCUT2D eigenvalue weighted by Gasteiger charge is 2.22. The number of nitrogens with zero attached hydrogens (tertiary/aromatic N) is 1. The Labute approximate surface area is 114 Å². The van der Waals surface area contributed by atoms with Crippen LogP contribution in [-0.4, -0.2) is 34.0 Å². The number of hydrogen-bond acceptors (Lipinski definition) is 5. The minimum Gasteiger partial charge on any atom is -0.480 e. The zero-order chi connectivity index (χ0) is 13.7. The Kier molecular flexibility index (Phi) is 5.04. The molecule has 1 aromatic rings. The summed E-state index contributed by atoms with van der Waals surface area (Å²) in [5, 5.41) is 13.5. The van der Waals surface area contributed by atoms with Gasteiger partial charge in [-0.25, -0.2) is 14.6 Å². The summed E-state index contributed by atoms with van der Waals surface area (Å²) in [5.41, 5.74) is 4.87. The molecule has 0 aliphatic carbocycles. The molecule has 0 aliphatic rings. The second kappa shape index (κ2) is 6.31. The molecule has 10 heteroatoms. The van der Waals surface area contributed by atoms with E-state index in [2.05, 4.69) is 31.5 Å². The molecule has 3 amide bonds. The topological polar surface area (TPSA) is 134 Å². The van der Waals surface area contributed by atoms with E-state index in [1.807, 2.05) is 0 Å². The molecular weight excluding hydrogens is 328 g/mol. The number of anilines is 1. The Morgan fingerprint density at radius 3 is 2.67 bits per heavy atom. The van der Waals surface area contributed by atoms with Gasteiger partial charge in [-0.15, -0.1) is 0 Å². The third kappa shape index (κ3) is 4.67. The fourth-order valence-electron chi connectivity index (χ4n) is 1.00. The molecule has 18 heavy (non-hydrogen) atoms. The first-order valence-electron chi connectivity index (χ1n) is 4.58. The van der Waals surface area contributed by atoms with E-state index in [0.29, 0.717) is 8.92 Å².